The maximum Gasteiger partial charge on any atom is 0.416 e. The van der Waals surface area contributed by atoms with Gasteiger partial charge in [-0.2, -0.15) is 13.2 Å². The molecule has 1 amide bonds. The summed E-state index contributed by atoms with van der Waals surface area (Å²) < 4.78 is 44.4. The number of esters is 1. The molecule has 186 valence electrons. The third-order valence-electron chi connectivity index (χ3n) is 6.14. The van der Waals surface area contributed by atoms with Crippen molar-refractivity contribution in [2.45, 2.75) is 26.1 Å². The molecule has 0 saturated carbocycles. The third kappa shape index (κ3) is 5.41. The predicted molar refractivity (Wildman–Crippen MR) is 125 cm³/mol. The van der Waals surface area contributed by atoms with Crippen LogP contribution in [0.25, 0.3) is 0 Å². The molecule has 2 unspecified atom stereocenters. The van der Waals surface area contributed by atoms with E-state index in [1.54, 1.807) is 13.0 Å². The van der Waals surface area contributed by atoms with E-state index in [9.17, 15) is 22.8 Å². The van der Waals surface area contributed by atoms with Crippen molar-refractivity contribution < 1.29 is 27.5 Å². The molecule has 4 rings (SSSR count). The van der Waals surface area contributed by atoms with Crippen molar-refractivity contribution in [1.82, 2.24) is 10.2 Å². The number of aryl methyl sites for hydroxylation is 1. The number of ether oxygens (including phenoxy) is 1. The standard InChI is InChI=1S/C25H27F3N4O3/c1-3-35-23(34)20-21(17-7-4-6-16(2)14-17)29-24(30-22(20)33)32-12-10-31(11-13-32)19-9-5-8-18(15-19)25(26,27)28/h4-9,14-15,20-21H,3,10-13H2,1-2H3,(H,29,30,33). The molecule has 2 aromatic rings. The fourth-order valence-electron chi connectivity index (χ4n) is 4.38. The number of carbonyl (C=O) groups excluding carboxylic acids is 2. The van der Waals surface area contributed by atoms with Crippen LogP contribution in [0.3, 0.4) is 0 Å². The number of amides is 1. The molecule has 0 radical (unpaired) electrons. The zero-order chi connectivity index (χ0) is 25.2. The summed E-state index contributed by atoms with van der Waals surface area (Å²) in [6.07, 6.45) is -4.40. The van der Waals surface area contributed by atoms with E-state index in [0.717, 1.165) is 23.3 Å². The quantitative estimate of drug-likeness (QED) is 0.527. The number of carbonyl (C=O) groups is 2. The van der Waals surface area contributed by atoms with E-state index < -0.39 is 35.6 Å². The first-order valence-electron chi connectivity index (χ1n) is 11.5. The van der Waals surface area contributed by atoms with Crippen LogP contribution < -0.4 is 10.2 Å². The van der Waals surface area contributed by atoms with Gasteiger partial charge >= 0.3 is 12.1 Å². The summed E-state index contributed by atoms with van der Waals surface area (Å²) in [6.45, 7) is 5.54. The maximum atomic E-state index is 13.1. The van der Waals surface area contributed by atoms with Gasteiger partial charge in [0, 0.05) is 31.9 Å². The highest BCUT2D eigenvalue weighted by molar-refractivity contribution is 6.08. The van der Waals surface area contributed by atoms with Gasteiger partial charge in [-0.1, -0.05) is 35.9 Å². The minimum Gasteiger partial charge on any atom is -0.465 e. The first-order valence-corrected chi connectivity index (χ1v) is 11.5. The topological polar surface area (TPSA) is 74.2 Å². The summed E-state index contributed by atoms with van der Waals surface area (Å²) in [6, 6.07) is 12.0. The number of piperazine rings is 1. The van der Waals surface area contributed by atoms with Gasteiger partial charge in [0.05, 0.1) is 12.2 Å². The van der Waals surface area contributed by atoms with Gasteiger partial charge in [0.1, 0.15) is 6.04 Å². The molecular weight excluding hydrogens is 461 g/mol. The Hall–Kier alpha value is -3.56. The van der Waals surface area contributed by atoms with E-state index in [0.29, 0.717) is 37.8 Å². The monoisotopic (exact) mass is 488 g/mol. The molecule has 35 heavy (non-hydrogen) atoms. The van der Waals surface area contributed by atoms with Crippen LogP contribution in [0.5, 0.6) is 0 Å². The summed E-state index contributed by atoms with van der Waals surface area (Å²) in [5.41, 5.74) is 1.52. The molecule has 10 heteroatoms. The van der Waals surface area contributed by atoms with Gasteiger partial charge in [-0.25, -0.2) is 4.99 Å². The number of alkyl halides is 3. The van der Waals surface area contributed by atoms with Crippen molar-refractivity contribution in [1.29, 1.82) is 0 Å². The first-order chi connectivity index (χ1) is 16.7. The number of aliphatic imine (C=N–C) groups is 1. The first kappa shape index (κ1) is 24.6. The second-order valence-electron chi connectivity index (χ2n) is 8.55. The molecule has 2 heterocycles. The zero-order valence-corrected chi connectivity index (χ0v) is 19.5. The molecule has 7 nitrogen and oxygen atoms in total. The molecule has 2 aliphatic rings. The number of benzene rings is 2. The molecule has 2 aliphatic heterocycles. The number of halogens is 3. The van der Waals surface area contributed by atoms with E-state index in [1.165, 1.54) is 6.07 Å². The molecular formula is C25H27F3N4O3. The summed E-state index contributed by atoms with van der Waals surface area (Å²) in [4.78, 5) is 34.1. The Morgan fingerprint density at radius 1 is 1.09 bits per heavy atom. The lowest BCUT2D eigenvalue weighted by Gasteiger charge is -2.39. The Balaban J connectivity index is 1.54. The fourth-order valence-corrected chi connectivity index (χ4v) is 4.38. The van der Waals surface area contributed by atoms with Crippen molar-refractivity contribution in [2.24, 2.45) is 10.9 Å². The Morgan fingerprint density at radius 2 is 1.77 bits per heavy atom. The Labute approximate surface area is 201 Å². The summed E-state index contributed by atoms with van der Waals surface area (Å²) in [7, 11) is 0. The van der Waals surface area contributed by atoms with Crippen molar-refractivity contribution in [3.8, 4) is 0 Å². The minimum atomic E-state index is -4.40. The Kier molecular flexibility index (Phi) is 7.00. The number of nitrogens with zero attached hydrogens (tertiary/aromatic N) is 3. The molecule has 0 bridgehead atoms. The van der Waals surface area contributed by atoms with Crippen LogP contribution in [0.4, 0.5) is 18.9 Å². The molecule has 2 aromatic carbocycles. The molecule has 0 aromatic heterocycles. The molecule has 0 spiro atoms. The average molecular weight is 489 g/mol. The van der Waals surface area contributed by atoms with Gasteiger partial charge in [-0.15, -0.1) is 0 Å². The lowest BCUT2D eigenvalue weighted by Crippen LogP contribution is -2.57. The second-order valence-corrected chi connectivity index (χ2v) is 8.55. The third-order valence-corrected chi connectivity index (χ3v) is 6.14. The molecule has 1 fully saturated rings. The van der Waals surface area contributed by atoms with Crippen LogP contribution in [0.15, 0.2) is 53.5 Å². The zero-order valence-electron chi connectivity index (χ0n) is 19.5. The van der Waals surface area contributed by atoms with Gasteiger partial charge in [0.25, 0.3) is 0 Å². The SMILES string of the molecule is CCOC(=O)C1C(=O)NC(N2CCN(c3cccc(C(F)(F)F)c3)CC2)=NC1c1cccc(C)c1. The lowest BCUT2D eigenvalue weighted by molar-refractivity contribution is -0.153. The number of rotatable bonds is 4. The van der Waals surface area contributed by atoms with Crippen LogP contribution >= 0.6 is 0 Å². The molecule has 1 saturated heterocycles. The number of guanidine groups is 1. The van der Waals surface area contributed by atoms with E-state index in [4.69, 9.17) is 9.73 Å². The fraction of sp³-hybridized carbons (Fsp3) is 0.400. The molecule has 0 aliphatic carbocycles. The summed E-state index contributed by atoms with van der Waals surface area (Å²) in [5, 5.41) is 2.74. The normalized spacial score (nSPS) is 20.8. The number of hydrogen-bond acceptors (Lipinski definition) is 6. The van der Waals surface area contributed by atoms with Crippen LogP contribution in [-0.4, -0.2) is 55.5 Å². The number of anilines is 1. The van der Waals surface area contributed by atoms with Crippen LogP contribution in [0.2, 0.25) is 0 Å². The van der Waals surface area contributed by atoms with Crippen LogP contribution in [0, 0.1) is 12.8 Å². The molecule has 1 N–H and O–H groups in total. The average Bonchev–Trinajstić information content (AvgIpc) is 2.83. The Morgan fingerprint density at radius 3 is 2.43 bits per heavy atom. The van der Waals surface area contributed by atoms with Gasteiger partial charge in [0.2, 0.25) is 11.9 Å². The minimum absolute atomic E-state index is 0.150. The van der Waals surface area contributed by atoms with Crippen molar-refractivity contribution >= 4 is 23.5 Å². The smallest absolute Gasteiger partial charge is 0.416 e. The highest BCUT2D eigenvalue weighted by Gasteiger charge is 2.42. The summed E-state index contributed by atoms with van der Waals surface area (Å²) in [5.74, 6) is -1.87. The van der Waals surface area contributed by atoms with Gasteiger partial charge in [0.15, 0.2) is 5.92 Å². The number of hydrogen-bond donors (Lipinski definition) is 1. The highest BCUT2D eigenvalue weighted by atomic mass is 19.4. The van der Waals surface area contributed by atoms with E-state index in [-0.39, 0.29) is 6.61 Å². The highest BCUT2D eigenvalue weighted by Crippen LogP contribution is 2.33. The van der Waals surface area contributed by atoms with Crippen LogP contribution in [-0.2, 0) is 20.5 Å². The van der Waals surface area contributed by atoms with E-state index in [1.807, 2.05) is 41.0 Å². The molecule has 2 atom stereocenters. The summed E-state index contributed by atoms with van der Waals surface area (Å²) >= 11 is 0. The van der Waals surface area contributed by atoms with Gasteiger partial charge in [-0.05, 0) is 37.6 Å². The largest absolute Gasteiger partial charge is 0.465 e. The Bertz CT molecular complexity index is 1130. The second kappa shape index (κ2) is 9.97. The van der Waals surface area contributed by atoms with E-state index >= 15 is 0 Å². The predicted octanol–water partition coefficient (Wildman–Crippen LogP) is 3.54. The van der Waals surface area contributed by atoms with Gasteiger partial charge < -0.3 is 14.5 Å². The van der Waals surface area contributed by atoms with Crippen molar-refractivity contribution in [3.63, 3.8) is 0 Å². The lowest BCUT2D eigenvalue weighted by atomic mass is 9.90. The van der Waals surface area contributed by atoms with Crippen molar-refractivity contribution in [3.05, 3.63) is 65.2 Å². The van der Waals surface area contributed by atoms with E-state index in [2.05, 4.69) is 5.32 Å². The van der Waals surface area contributed by atoms with Crippen LogP contribution in [0.1, 0.15) is 29.7 Å². The number of nitrogens with one attached hydrogen (secondary N) is 1. The van der Waals surface area contributed by atoms with Gasteiger partial charge in [-0.3, -0.25) is 14.9 Å². The maximum absolute atomic E-state index is 13.1. The van der Waals surface area contributed by atoms with Crippen molar-refractivity contribution in [2.75, 3.05) is 37.7 Å².